The topological polar surface area (TPSA) is 20.3 Å². The predicted octanol–water partition coefficient (Wildman–Crippen LogP) is 4.31. The van der Waals surface area contributed by atoms with Crippen LogP contribution in [0.15, 0.2) is 22.7 Å². The minimum Gasteiger partial charge on any atom is -0.336 e. The molecule has 2 rings (SSSR count). The summed E-state index contributed by atoms with van der Waals surface area (Å²) < 4.78 is 1.98. The molecule has 1 aliphatic rings. The first-order chi connectivity index (χ1) is 8.49. The molecule has 1 amide bonds. The van der Waals surface area contributed by atoms with Crippen LogP contribution in [0.5, 0.6) is 0 Å². The van der Waals surface area contributed by atoms with Crippen LogP contribution in [0.2, 0.25) is 0 Å². The first-order valence-corrected chi connectivity index (χ1v) is 8.12. The number of amides is 1. The zero-order chi connectivity index (χ0) is 13.3. The third-order valence-electron chi connectivity index (χ3n) is 3.56. The third-order valence-corrected chi connectivity index (χ3v) is 4.92. The van der Waals surface area contributed by atoms with E-state index in [2.05, 4.69) is 52.4 Å². The third kappa shape index (κ3) is 3.07. The highest BCUT2D eigenvalue weighted by Gasteiger charge is 2.28. The minimum absolute atomic E-state index is 0.153. The standard InChI is InChI=1S/C14H17BrINO/c1-9-5-6-17(10(2)7-9)14(18)12-8-11(16)3-4-13(12)15/h3-4,8-10H,5-7H2,1-2H3. The number of hydrogen-bond donors (Lipinski definition) is 0. The molecule has 0 radical (unpaired) electrons. The van der Waals surface area contributed by atoms with Crippen molar-refractivity contribution >= 4 is 44.4 Å². The number of rotatable bonds is 1. The van der Waals surface area contributed by atoms with E-state index >= 15 is 0 Å². The molecule has 0 N–H and O–H groups in total. The van der Waals surface area contributed by atoms with E-state index in [0.717, 1.165) is 38.9 Å². The summed E-state index contributed by atoms with van der Waals surface area (Å²) in [5.74, 6) is 0.878. The normalized spacial score (nSPS) is 24.1. The van der Waals surface area contributed by atoms with Gasteiger partial charge in [0.1, 0.15) is 0 Å². The molecular formula is C14H17BrINO. The fraction of sp³-hybridized carbons (Fsp3) is 0.500. The summed E-state index contributed by atoms with van der Waals surface area (Å²) in [6.07, 6.45) is 2.21. The number of hydrogen-bond acceptors (Lipinski definition) is 1. The number of benzene rings is 1. The largest absolute Gasteiger partial charge is 0.336 e. The number of nitrogens with zero attached hydrogens (tertiary/aromatic N) is 1. The molecule has 0 aliphatic carbocycles. The monoisotopic (exact) mass is 421 g/mol. The Morgan fingerprint density at radius 2 is 2.17 bits per heavy atom. The zero-order valence-corrected chi connectivity index (χ0v) is 14.4. The van der Waals surface area contributed by atoms with Crippen LogP contribution in [-0.4, -0.2) is 23.4 Å². The van der Waals surface area contributed by atoms with Gasteiger partial charge in [0.15, 0.2) is 0 Å². The van der Waals surface area contributed by atoms with Crippen LogP contribution in [-0.2, 0) is 0 Å². The minimum atomic E-state index is 0.153. The molecule has 4 heteroatoms. The van der Waals surface area contributed by atoms with E-state index in [-0.39, 0.29) is 5.91 Å². The number of likely N-dealkylation sites (tertiary alicyclic amines) is 1. The fourth-order valence-electron chi connectivity index (χ4n) is 2.53. The Kier molecular flexibility index (Phi) is 4.69. The van der Waals surface area contributed by atoms with Gasteiger partial charge in [-0.1, -0.05) is 6.92 Å². The highest BCUT2D eigenvalue weighted by atomic mass is 127. The number of carbonyl (C=O) groups excluding carboxylic acids is 1. The van der Waals surface area contributed by atoms with E-state index in [1.54, 1.807) is 0 Å². The second kappa shape index (κ2) is 5.90. The average Bonchev–Trinajstić information content (AvgIpc) is 2.31. The molecule has 1 aliphatic heterocycles. The van der Waals surface area contributed by atoms with Crippen molar-refractivity contribution in [1.82, 2.24) is 4.90 Å². The van der Waals surface area contributed by atoms with Crippen molar-refractivity contribution in [3.8, 4) is 0 Å². The molecule has 0 bridgehead atoms. The van der Waals surface area contributed by atoms with Crippen LogP contribution >= 0.6 is 38.5 Å². The Morgan fingerprint density at radius 3 is 2.83 bits per heavy atom. The fourth-order valence-corrected chi connectivity index (χ4v) is 3.43. The molecule has 0 aromatic heterocycles. The van der Waals surface area contributed by atoms with Crippen LogP contribution in [0.3, 0.4) is 0 Å². The summed E-state index contributed by atoms with van der Waals surface area (Å²) in [7, 11) is 0. The molecule has 1 fully saturated rings. The molecule has 2 atom stereocenters. The molecule has 1 aromatic rings. The lowest BCUT2D eigenvalue weighted by atomic mass is 9.93. The van der Waals surface area contributed by atoms with Gasteiger partial charge in [0.25, 0.3) is 5.91 Å². The molecule has 0 spiro atoms. The van der Waals surface area contributed by atoms with Crippen LogP contribution in [0.1, 0.15) is 37.0 Å². The molecule has 18 heavy (non-hydrogen) atoms. The molecule has 1 aromatic carbocycles. The lowest BCUT2D eigenvalue weighted by Gasteiger charge is -2.36. The van der Waals surface area contributed by atoms with E-state index in [9.17, 15) is 4.79 Å². The predicted molar refractivity (Wildman–Crippen MR) is 85.8 cm³/mol. The smallest absolute Gasteiger partial charge is 0.255 e. The van der Waals surface area contributed by atoms with Crippen molar-refractivity contribution < 1.29 is 4.79 Å². The Morgan fingerprint density at radius 1 is 1.44 bits per heavy atom. The van der Waals surface area contributed by atoms with Crippen molar-refractivity contribution in [1.29, 1.82) is 0 Å². The number of halogens is 2. The van der Waals surface area contributed by atoms with Crippen molar-refractivity contribution in [2.75, 3.05) is 6.54 Å². The van der Waals surface area contributed by atoms with Crippen LogP contribution in [0, 0.1) is 9.49 Å². The highest BCUT2D eigenvalue weighted by Crippen LogP contribution is 2.27. The Bertz CT molecular complexity index is 463. The Labute approximate surface area is 130 Å². The summed E-state index contributed by atoms with van der Waals surface area (Å²) in [5, 5.41) is 0. The quantitative estimate of drug-likeness (QED) is 0.618. The van der Waals surface area contributed by atoms with Gasteiger partial charge in [-0.3, -0.25) is 4.79 Å². The molecule has 1 saturated heterocycles. The Balaban J connectivity index is 2.23. The second-order valence-electron chi connectivity index (χ2n) is 5.10. The molecular weight excluding hydrogens is 405 g/mol. The van der Waals surface area contributed by atoms with E-state index in [1.807, 2.05) is 23.1 Å². The molecule has 0 saturated carbocycles. The summed E-state index contributed by atoms with van der Waals surface area (Å²) in [4.78, 5) is 14.6. The van der Waals surface area contributed by atoms with Crippen molar-refractivity contribution in [2.45, 2.75) is 32.7 Å². The lowest BCUT2D eigenvalue weighted by molar-refractivity contribution is 0.0587. The highest BCUT2D eigenvalue weighted by molar-refractivity contribution is 14.1. The molecule has 2 unspecified atom stereocenters. The van der Waals surface area contributed by atoms with Gasteiger partial charge in [-0.2, -0.15) is 0 Å². The van der Waals surface area contributed by atoms with E-state index in [0.29, 0.717) is 6.04 Å². The molecule has 98 valence electrons. The van der Waals surface area contributed by atoms with Crippen molar-refractivity contribution in [2.24, 2.45) is 5.92 Å². The van der Waals surface area contributed by atoms with Crippen LogP contribution < -0.4 is 0 Å². The number of carbonyl (C=O) groups is 1. The maximum absolute atomic E-state index is 12.6. The lowest BCUT2D eigenvalue weighted by Crippen LogP contribution is -2.44. The zero-order valence-electron chi connectivity index (χ0n) is 10.6. The van der Waals surface area contributed by atoms with Gasteiger partial charge in [-0.25, -0.2) is 0 Å². The van der Waals surface area contributed by atoms with E-state index in [1.165, 1.54) is 0 Å². The summed E-state index contributed by atoms with van der Waals surface area (Å²) in [5.41, 5.74) is 0.781. The summed E-state index contributed by atoms with van der Waals surface area (Å²) in [6, 6.07) is 6.25. The SMILES string of the molecule is CC1CCN(C(=O)c2cc(I)ccc2Br)C(C)C1. The van der Waals surface area contributed by atoms with Gasteiger partial charge in [-0.15, -0.1) is 0 Å². The van der Waals surface area contributed by atoms with Crippen molar-refractivity contribution in [3.63, 3.8) is 0 Å². The maximum atomic E-state index is 12.6. The summed E-state index contributed by atoms with van der Waals surface area (Å²) >= 11 is 5.72. The van der Waals surface area contributed by atoms with Gasteiger partial charge < -0.3 is 4.90 Å². The Hall–Kier alpha value is -0.100. The van der Waals surface area contributed by atoms with Gasteiger partial charge in [-0.05, 0) is 82.4 Å². The van der Waals surface area contributed by atoms with Gasteiger partial charge >= 0.3 is 0 Å². The average molecular weight is 422 g/mol. The van der Waals surface area contributed by atoms with Gasteiger partial charge in [0.2, 0.25) is 0 Å². The first kappa shape index (κ1) is 14.3. The van der Waals surface area contributed by atoms with Crippen LogP contribution in [0.4, 0.5) is 0 Å². The van der Waals surface area contributed by atoms with E-state index < -0.39 is 0 Å². The van der Waals surface area contributed by atoms with Crippen LogP contribution in [0.25, 0.3) is 0 Å². The van der Waals surface area contributed by atoms with E-state index in [4.69, 9.17) is 0 Å². The maximum Gasteiger partial charge on any atom is 0.255 e. The summed E-state index contributed by atoms with van der Waals surface area (Å²) in [6.45, 7) is 5.29. The molecule has 2 nitrogen and oxygen atoms in total. The number of piperidine rings is 1. The second-order valence-corrected chi connectivity index (χ2v) is 7.20. The first-order valence-electron chi connectivity index (χ1n) is 6.25. The van der Waals surface area contributed by atoms with Gasteiger partial charge in [0.05, 0.1) is 5.56 Å². The van der Waals surface area contributed by atoms with Gasteiger partial charge in [0, 0.05) is 20.6 Å². The van der Waals surface area contributed by atoms with Crippen molar-refractivity contribution in [3.05, 3.63) is 31.8 Å². The molecule has 1 heterocycles.